The van der Waals surface area contributed by atoms with Gasteiger partial charge in [-0.15, -0.1) is 0 Å². The number of amides is 2. The van der Waals surface area contributed by atoms with Crippen molar-refractivity contribution in [2.24, 2.45) is 0 Å². The van der Waals surface area contributed by atoms with Crippen molar-refractivity contribution in [1.29, 1.82) is 0 Å². The molecule has 0 fully saturated rings. The van der Waals surface area contributed by atoms with Gasteiger partial charge in [0.05, 0.1) is 12.1 Å². The molecular formula is C9H20N2O2. The van der Waals surface area contributed by atoms with Crippen molar-refractivity contribution in [2.45, 2.75) is 39.2 Å². The topological polar surface area (TPSA) is 61.4 Å². The molecule has 0 rings (SSSR count). The maximum absolute atomic E-state index is 11.2. The fourth-order valence-electron chi connectivity index (χ4n) is 1.21. The molecule has 4 heteroatoms. The van der Waals surface area contributed by atoms with Crippen LogP contribution in [0.25, 0.3) is 0 Å². The lowest BCUT2D eigenvalue weighted by molar-refractivity contribution is 0.163. The molecule has 0 aliphatic rings. The Labute approximate surface area is 79.7 Å². The lowest BCUT2D eigenvalue weighted by Crippen LogP contribution is -2.52. The minimum Gasteiger partial charge on any atom is -0.394 e. The Hall–Kier alpha value is -0.770. The van der Waals surface area contributed by atoms with Crippen LogP contribution in [-0.2, 0) is 0 Å². The van der Waals surface area contributed by atoms with Crippen LogP contribution in [0.3, 0.4) is 0 Å². The third-order valence-corrected chi connectivity index (χ3v) is 1.90. The van der Waals surface area contributed by atoms with Crippen molar-refractivity contribution in [3.8, 4) is 0 Å². The molecule has 0 saturated carbocycles. The maximum atomic E-state index is 11.2. The molecule has 0 unspecified atom stereocenters. The normalized spacial score (nSPS) is 14.8. The Morgan fingerprint density at radius 3 is 2.46 bits per heavy atom. The molecule has 0 bridgehead atoms. The van der Waals surface area contributed by atoms with E-state index in [1.807, 2.05) is 20.8 Å². The summed E-state index contributed by atoms with van der Waals surface area (Å²) in [5.41, 5.74) is -0.492. The molecule has 0 aromatic rings. The van der Waals surface area contributed by atoms with E-state index in [1.54, 1.807) is 0 Å². The molecule has 13 heavy (non-hydrogen) atoms. The molecule has 0 aliphatic carbocycles. The third-order valence-electron chi connectivity index (χ3n) is 1.90. The summed E-state index contributed by atoms with van der Waals surface area (Å²) in [7, 11) is 0. The van der Waals surface area contributed by atoms with Crippen molar-refractivity contribution in [3.05, 3.63) is 0 Å². The van der Waals surface area contributed by atoms with Gasteiger partial charge in [-0.25, -0.2) is 4.79 Å². The Morgan fingerprint density at radius 2 is 2.08 bits per heavy atom. The van der Waals surface area contributed by atoms with Crippen molar-refractivity contribution in [1.82, 2.24) is 10.6 Å². The summed E-state index contributed by atoms with van der Waals surface area (Å²) >= 11 is 0. The minimum atomic E-state index is -0.492. The monoisotopic (exact) mass is 188 g/mol. The Balaban J connectivity index is 4.02. The summed E-state index contributed by atoms with van der Waals surface area (Å²) in [5.74, 6) is 0. The quantitative estimate of drug-likeness (QED) is 0.599. The second kappa shape index (κ2) is 5.80. The van der Waals surface area contributed by atoms with Gasteiger partial charge in [0.2, 0.25) is 0 Å². The van der Waals surface area contributed by atoms with E-state index in [2.05, 4.69) is 10.6 Å². The van der Waals surface area contributed by atoms with Crippen LogP contribution >= 0.6 is 0 Å². The molecule has 0 radical (unpaired) electrons. The second-order valence-corrected chi connectivity index (χ2v) is 3.45. The molecule has 4 nitrogen and oxygen atoms in total. The van der Waals surface area contributed by atoms with Crippen LogP contribution in [0.15, 0.2) is 0 Å². The van der Waals surface area contributed by atoms with Gasteiger partial charge in [-0.05, 0) is 20.3 Å². The standard InChI is InChI=1S/C9H20N2O2/c1-4-6-9(3,7-12)11-8(13)10-5-2/h12H,4-7H2,1-3H3,(H2,10,11,13)/t9-/m0/s1. The number of rotatable bonds is 5. The number of carbonyl (C=O) groups is 1. The highest BCUT2D eigenvalue weighted by molar-refractivity contribution is 5.74. The first-order chi connectivity index (χ1) is 6.08. The van der Waals surface area contributed by atoms with Gasteiger partial charge in [-0.1, -0.05) is 13.3 Å². The predicted octanol–water partition coefficient (Wildman–Crippen LogP) is 0.857. The average Bonchev–Trinajstić information content (AvgIpc) is 2.05. The molecule has 0 aromatic heterocycles. The summed E-state index contributed by atoms with van der Waals surface area (Å²) in [6.07, 6.45) is 1.71. The summed E-state index contributed by atoms with van der Waals surface area (Å²) in [5, 5.41) is 14.5. The minimum absolute atomic E-state index is 0.0298. The van der Waals surface area contributed by atoms with Crippen molar-refractivity contribution >= 4 is 6.03 Å². The second-order valence-electron chi connectivity index (χ2n) is 3.45. The van der Waals surface area contributed by atoms with E-state index in [-0.39, 0.29) is 12.6 Å². The zero-order chi connectivity index (χ0) is 10.3. The summed E-state index contributed by atoms with van der Waals surface area (Å²) in [4.78, 5) is 11.2. The first kappa shape index (κ1) is 12.2. The van der Waals surface area contributed by atoms with Crippen LogP contribution < -0.4 is 10.6 Å². The van der Waals surface area contributed by atoms with Gasteiger partial charge in [0.15, 0.2) is 0 Å². The summed E-state index contributed by atoms with van der Waals surface area (Å²) in [6, 6.07) is -0.215. The molecule has 0 saturated heterocycles. The number of hydrogen-bond donors (Lipinski definition) is 3. The number of aliphatic hydroxyl groups excluding tert-OH is 1. The lowest BCUT2D eigenvalue weighted by Gasteiger charge is -2.28. The van der Waals surface area contributed by atoms with Gasteiger partial charge < -0.3 is 15.7 Å². The van der Waals surface area contributed by atoms with Crippen LogP contribution in [0.4, 0.5) is 4.79 Å². The largest absolute Gasteiger partial charge is 0.394 e. The number of carbonyl (C=O) groups excluding carboxylic acids is 1. The van der Waals surface area contributed by atoms with Crippen LogP contribution in [0, 0.1) is 0 Å². The molecule has 2 amide bonds. The Bertz CT molecular complexity index is 162. The Kier molecular flexibility index (Phi) is 5.46. The zero-order valence-electron chi connectivity index (χ0n) is 8.68. The smallest absolute Gasteiger partial charge is 0.315 e. The van der Waals surface area contributed by atoms with Gasteiger partial charge in [0.1, 0.15) is 0 Å². The maximum Gasteiger partial charge on any atom is 0.315 e. The molecule has 0 heterocycles. The van der Waals surface area contributed by atoms with Gasteiger partial charge in [0.25, 0.3) is 0 Å². The molecule has 78 valence electrons. The SMILES string of the molecule is CCC[C@@](C)(CO)NC(=O)NCC. The molecule has 1 atom stereocenters. The van der Waals surface area contributed by atoms with Crippen molar-refractivity contribution in [2.75, 3.05) is 13.2 Å². The van der Waals surface area contributed by atoms with Gasteiger partial charge in [0, 0.05) is 6.54 Å². The molecule has 3 N–H and O–H groups in total. The first-order valence-corrected chi connectivity index (χ1v) is 4.75. The van der Waals surface area contributed by atoms with Gasteiger partial charge in [-0.2, -0.15) is 0 Å². The average molecular weight is 188 g/mol. The van der Waals surface area contributed by atoms with Crippen LogP contribution in [0.2, 0.25) is 0 Å². The third kappa shape index (κ3) is 4.72. The van der Waals surface area contributed by atoms with Gasteiger partial charge >= 0.3 is 6.03 Å². The number of hydrogen-bond acceptors (Lipinski definition) is 2. The van der Waals surface area contributed by atoms with E-state index < -0.39 is 5.54 Å². The van der Waals surface area contributed by atoms with Crippen LogP contribution in [0.5, 0.6) is 0 Å². The zero-order valence-corrected chi connectivity index (χ0v) is 8.68. The fourth-order valence-corrected chi connectivity index (χ4v) is 1.21. The number of urea groups is 1. The van der Waals surface area contributed by atoms with E-state index in [4.69, 9.17) is 5.11 Å². The van der Waals surface area contributed by atoms with Gasteiger partial charge in [-0.3, -0.25) is 0 Å². The predicted molar refractivity (Wildman–Crippen MR) is 52.6 cm³/mol. The number of nitrogens with one attached hydrogen (secondary N) is 2. The van der Waals surface area contributed by atoms with Crippen molar-refractivity contribution in [3.63, 3.8) is 0 Å². The summed E-state index contributed by atoms with van der Waals surface area (Å²) < 4.78 is 0. The first-order valence-electron chi connectivity index (χ1n) is 4.75. The van der Waals surface area contributed by atoms with Crippen molar-refractivity contribution < 1.29 is 9.90 Å². The van der Waals surface area contributed by atoms with Crippen LogP contribution in [0.1, 0.15) is 33.6 Å². The van der Waals surface area contributed by atoms with E-state index in [1.165, 1.54) is 0 Å². The highest BCUT2D eigenvalue weighted by atomic mass is 16.3. The van der Waals surface area contributed by atoms with E-state index >= 15 is 0 Å². The number of aliphatic hydroxyl groups is 1. The molecule has 0 spiro atoms. The van der Waals surface area contributed by atoms with E-state index in [0.29, 0.717) is 6.54 Å². The fraction of sp³-hybridized carbons (Fsp3) is 0.889. The Morgan fingerprint density at radius 1 is 1.46 bits per heavy atom. The highest BCUT2D eigenvalue weighted by Crippen LogP contribution is 2.10. The molecule has 0 aromatic carbocycles. The van der Waals surface area contributed by atoms with Crippen LogP contribution in [-0.4, -0.2) is 29.8 Å². The molecular weight excluding hydrogens is 168 g/mol. The molecule has 0 aliphatic heterocycles. The van der Waals surface area contributed by atoms with E-state index in [9.17, 15) is 4.79 Å². The highest BCUT2D eigenvalue weighted by Gasteiger charge is 2.23. The summed E-state index contributed by atoms with van der Waals surface area (Å²) in [6.45, 7) is 6.28. The van der Waals surface area contributed by atoms with E-state index in [0.717, 1.165) is 12.8 Å². The lowest BCUT2D eigenvalue weighted by atomic mass is 9.98.